The second-order valence-corrected chi connectivity index (χ2v) is 6.11. The number of nitrogens with zero attached hydrogens (tertiary/aromatic N) is 1. The van der Waals surface area contributed by atoms with E-state index in [-0.39, 0.29) is 12.3 Å². The zero-order chi connectivity index (χ0) is 18.2. The van der Waals surface area contributed by atoms with Crippen molar-refractivity contribution in [2.75, 3.05) is 6.54 Å². The molecule has 25 heavy (non-hydrogen) atoms. The van der Waals surface area contributed by atoms with E-state index in [9.17, 15) is 14.4 Å². The number of imide groups is 1. The number of urea groups is 1. The maximum atomic E-state index is 12.3. The standard InChI is InChI=1S/C19H21N3O3/c1-14(2)12-20-19(25)21-17(23)13-22-10-8-16(9-11-22)18(24)15-6-4-3-5-7-15/h3-11,14H,12-13H2,1-2H3,(H-,20,21,23,25)/p+1. The Kier molecular flexibility index (Phi) is 6.39. The molecule has 2 rings (SSSR count). The SMILES string of the molecule is CC(C)CNC(=O)NC(=O)C[n+]1ccc(C(=O)c2ccccc2)cc1. The first kappa shape index (κ1) is 18.3. The predicted octanol–water partition coefficient (Wildman–Crippen LogP) is 1.69. The summed E-state index contributed by atoms with van der Waals surface area (Å²) in [6.07, 6.45) is 3.28. The van der Waals surface area contributed by atoms with E-state index in [4.69, 9.17) is 0 Å². The number of amides is 3. The first-order valence-electron chi connectivity index (χ1n) is 8.12. The van der Waals surface area contributed by atoms with Gasteiger partial charge >= 0.3 is 6.03 Å². The van der Waals surface area contributed by atoms with Gasteiger partial charge in [-0.15, -0.1) is 0 Å². The molecule has 1 aromatic carbocycles. The molecule has 1 heterocycles. The fourth-order valence-electron chi connectivity index (χ4n) is 2.14. The van der Waals surface area contributed by atoms with E-state index in [0.29, 0.717) is 23.6 Å². The molecule has 0 saturated heterocycles. The Balaban J connectivity index is 1.91. The zero-order valence-electron chi connectivity index (χ0n) is 14.4. The van der Waals surface area contributed by atoms with Gasteiger partial charge in [-0.25, -0.2) is 4.79 Å². The Morgan fingerprint density at radius 1 is 0.960 bits per heavy atom. The molecule has 0 aliphatic heterocycles. The molecular weight excluding hydrogens is 318 g/mol. The van der Waals surface area contributed by atoms with E-state index in [1.165, 1.54) is 0 Å². The summed E-state index contributed by atoms with van der Waals surface area (Å²) in [4.78, 5) is 35.7. The van der Waals surface area contributed by atoms with Gasteiger partial charge < -0.3 is 5.32 Å². The van der Waals surface area contributed by atoms with Crippen LogP contribution in [0.5, 0.6) is 0 Å². The lowest BCUT2D eigenvalue weighted by Gasteiger charge is -2.07. The van der Waals surface area contributed by atoms with E-state index < -0.39 is 11.9 Å². The van der Waals surface area contributed by atoms with Gasteiger partial charge in [0.05, 0.1) is 0 Å². The Labute approximate surface area is 146 Å². The van der Waals surface area contributed by atoms with Crippen LogP contribution in [0, 0.1) is 5.92 Å². The van der Waals surface area contributed by atoms with Crippen LogP contribution >= 0.6 is 0 Å². The second kappa shape index (κ2) is 8.73. The average Bonchev–Trinajstić information content (AvgIpc) is 2.60. The van der Waals surface area contributed by atoms with E-state index in [2.05, 4.69) is 10.6 Å². The summed E-state index contributed by atoms with van der Waals surface area (Å²) in [6.45, 7) is 4.43. The molecule has 130 valence electrons. The van der Waals surface area contributed by atoms with Gasteiger partial charge in [0.1, 0.15) is 0 Å². The zero-order valence-corrected chi connectivity index (χ0v) is 14.4. The number of hydrogen-bond acceptors (Lipinski definition) is 3. The van der Waals surface area contributed by atoms with Crippen LogP contribution in [0.15, 0.2) is 54.9 Å². The molecule has 0 atom stereocenters. The first-order chi connectivity index (χ1) is 12.0. The third kappa shape index (κ3) is 5.84. The quantitative estimate of drug-likeness (QED) is 0.620. The summed E-state index contributed by atoms with van der Waals surface area (Å²) >= 11 is 0. The molecule has 0 aliphatic carbocycles. The molecule has 0 radical (unpaired) electrons. The van der Waals surface area contributed by atoms with Crippen LogP contribution in [0.4, 0.5) is 4.79 Å². The minimum absolute atomic E-state index is 0.00505. The summed E-state index contributed by atoms with van der Waals surface area (Å²) in [5.41, 5.74) is 1.15. The number of pyridine rings is 1. The topological polar surface area (TPSA) is 79.2 Å². The predicted molar refractivity (Wildman–Crippen MR) is 92.9 cm³/mol. The molecule has 0 spiro atoms. The van der Waals surface area contributed by atoms with E-state index in [1.54, 1.807) is 41.2 Å². The highest BCUT2D eigenvalue weighted by Gasteiger charge is 2.15. The Morgan fingerprint density at radius 3 is 2.16 bits per heavy atom. The smallest absolute Gasteiger partial charge is 0.321 e. The number of rotatable bonds is 6. The van der Waals surface area contributed by atoms with Crippen molar-refractivity contribution in [3.63, 3.8) is 0 Å². The van der Waals surface area contributed by atoms with Gasteiger partial charge in [0.15, 0.2) is 18.2 Å². The largest absolute Gasteiger partial charge is 0.338 e. The van der Waals surface area contributed by atoms with Gasteiger partial charge in [-0.3, -0.25) is 14.9 Å². The third-order valence-corrected chi connectivity index (χ3v) is 3.44. The fraction of sp³-hybridized carbons (Fsp3) is 0.263. The molecule has 6 nitrogen and oxygen atoms in total. The number of benzene rings is 1. The lowest BCUT2D eigenvalue weighted by atomic mass is 10.0. The van der Waals surface area contributed by atoms with Crippen LogP contribution < -0.4 is 15.2 Å². The lowest BCUT2D eigenvalue weighted by molar-refractivity contribution is -0.684. The summed E-state index contributed by atoms with van der Waals surface area (Å²) < 4.78 is 1.60. The number of carbonyl (C=O) groups excluding carboxylic acids is 3. The molecule has 0 unspecified atom stereocenters. The Hall–Kier alpha value is -3.02. The van der Waals surface area contributed by atoms with Gasteiger partial charge in [-0.2, -0.15) is 4.57 Å². The molecule has 0 fully saturated rings. The Morgan fingerprint density at radius 2 is 1.56 bits per heavy atom. The molecule has 0 bridgehead atoms. The highest BCUT2D eigenvalue weighted by atomic mass is 16.2. The molecule has 0 aliphatic rings. The molecule has 2 N–H and O–H groups in total. The number of carbonyl (C=O) groups is 3. The van der Waals surface area contributed by atoms with Gasteiger partial charge in [0, 0.05) is 29.8 Å². The number of hydrogen-bond donors (Lipinski definition) is 2. The van der Waals surface area contributed by atoms with E-state index in [1.807, 2.05) is 32.0 Å². The van der Waals surface area contributed by atoms with Crippen molar-refractivity contribution in [1.82, 2.24) is 10.6 Å². The summed E-state index contributed by atoms with van der Waals surface area (Å²) in [5, 5.41) is 4.89. The molecular formula is C19H22N3O3+. The summed E-state index contributed by atoms with van der Waals surface area (Å²) in [7, 11) is 0. The highest BCUT2D eigenvalue weighted by Crippen LogP contribution is 2.07. The second-order valence-electron chi connectivity index (χ2n) is 6.11. The minimum atomic E-state index is -0.504. The van der Waals surface area contributed by atoms with Gasteiger partial charge in [0.2, 0.25) is 6.54 Å². The van der Waals surface area contributed by atoms with Crippen molar-refractivity contribution in [2.45, 2.75) is 20.4 Å². The molecule has 6 heteroatoms. The van der Waals surface area contributed by atoms with Crippen LogP contribution in [0.1, 0.15) is 29.8 Å². The highest BCUT2D eigenvalue weighted by molar-refractivity contribution is 6.08. The number of nitrogens with one attached hydrogen (secondary N) is 2. The maximum Gasteiger partial charge on any atom is 0.321 e. The number of aromatic nitrogens is 1. The van der Waals surface area contributed by atoms with E-state index in [0.717, 1.165) is 0 Å². The average molecular weight is 340 g/mol. The van der Waals surface area contributed by atoms with Crippen molar-refractivity contribution in [1.29, 1.82) is 0 Å². The maximum absolute atomic E-state index is 12.3. The summed E-state index contributed by atoms with van der Waals surface area (Å²) in [5.74, 6) is -0.191. The minimum Gasteiger partial charge on any atom is -0.338 e. The molecule has 1 aromatic heterocycles. The van der Waals surface area contributed by atoms with Crippen LogP contribution in [-0.4, -0.2) is 24.3 Å². The van der Waals surface area contributed by atoms with Crippen molar-refractivity contribution in [2.24, 2.45) is 5.92 Å². The summed E-state index contributed by atoms with van der Waals surface area (Å²) in [6, 6.07) is 11.8. The van der Waals surface area contributed by atoms with Gasteiger partial charge in [-0.05, 0) is 5.92 Å². The van der Waals surface area contributed by atoms with Crippen LogP contribution in [-0.2, 0) is 11.3 Å². The monoisotopic (exact) mass is 340 g/mol. The lowest BCUT2D eigenvalue weighted by Crippen LogP contribution is -2.47. The van der Waals surface area contributed by atoms with Crippen LogP contribution in [0.2, 0.25) is 0 Å². The molecule has 2 aromatic rings. The van der Waals surface area contributed by atoms with Crippen molar-refractivity contribution in [3.05, 3.63) is 66.0 Å². The normalized spacial score (nSPS) is 10.4. The van der Waals surface area contributed by atoms with Gasteiger partial charge in [-0.1, -0.05) is 44.2 Å². The van der Waals surface area contributed by atoms with Gasteiger partial charge in [0.25, 0.3) is 5.91 Å². The fourth-order valence-corrected chi connectivity index (χ4v) is 2.14. The molecule has 0 saturated carbocycles. The van der Waals surface area contributed by atoms with Crippen molar-refractivity contribution in [3.8, 4) is 0 Å². The molecule has 3 amide bonds. The van der Waals surface area contributed by atoms with Crippen LogP contribution in [0.3, 0.4) is 0 Å². The van der Waals surface area contributed by atoms with Crippen molar-refractivity contribution < 1.29 is 19.0 Å². The third-order valence-electron chi connectivity index (χ3n) is 3.44. The van der Waals surface area contributed by atoms with Crippen molar-refractivity contribution >= 4 is 17.7 Å². The first-order valence-corrected chi connectivity index (χ1v) is 8.12. The van der Waals surface area contributed by atoms with E-state index >= 15 is 0 Å². The number of ketones is 1. The van der Waals surface area contributed by atoms with Crippen LogP contribution in [0.25, 0.3) is 0 Å². The Bertz CT molecular complexity index is 740.